The Bertz CT molecular complexity index is 555. The van der Waals surface area contributed by atoms with Crippen LogP contribution in [0.25, 0.3) is 0 Å². The summed E-state index contributed by atoms with van der Waals surface area (Å²) in [5.41, 5.74) is 1.31. The molecule has 0 heterocycles. The summed E-state index contributed by atoms with van der Waals surface area (Å²) in [7, 11) is 0. The van der Waals surface area contributed by atoms with Gasteiger partial charge in [0.15, 0.2) is 0 Å². The Morgan fingerprint density at radius 2 is 1.83 bits per heavy atom. The van der Waals surface area contributed by atoms with Crippen LogP contribution in [0.15, 0.2) is 63.2 Å². The minimum Gasteiger partial charge on any atom is -0.207 e. The zero-order chi connectivity index (χ0) is 13.0. The normalized spacial score (nSPS) is 12.8. The highest BCUT2D eigenvalue weighted by atomic mass is 79.9. The van der Waals surface area contributed by atoms with Crippen molar-refractivity contribution in [1.29, 1.82) is 0 Å². The van der Waals surface area contributed by atoms with Gasteiger partial charge in [0, 0.05) is 10.0 Å². The van der Waals surface area contributed by atoms with E-state index in [1.165, 1.54) is 6.07 Å². The van der Waals surface area contributed by atoms with E-state index in [1.54, 1.807) is 12.1 Å². The fourth-order valence-corrected chi connectivity index (χ4v) is 1.88. The predicted molar refractivity (Wildman–Crippen MR) is 73.5 cm³/mol. The van der Waals surface area contributed by atoms with Gasteiger partial charge in [0.2, 0.25) is 0 Å². The van der Waals surface area contributed by atoms with Crippen molar-refractivity contribution in [2.75, 3.05) is 0 Å². The average Bonchev–Trinajstić information content (AvgIpc) is 2.37. The van der Waals surface area contributed by atoms with Gasteiger partial charge in [-0.05, 0) is 31.2 Å². The molecule has 0 saturated carbocycles. The van der Waals surface area contributed by atoms with E-state index >= 15 is 0 Å². The molecule has 1 unspecified atom stereocenters. The molecule has 0 bridgehead atoms. The molecule has 0 aromatic heterocycles. The molecule has 0 saturated heterocycles. The molecule has 2 aromatic rings. The largest absolute Gasteiger partial charge is 0.207 e. The van der Waals surface area contributed by atoms with Crippen molar-refractivity contribution in [2.24, 2.45) is 10.2 Å². The summed E-state index contributed by atoms with van der Waals surface area (Å²) in [4.78, 5) is 0. The number of rotatable bonds is 3. The highest BCUT2D eigenvalue weighted by Gasteiger charge is 2.10. The van der Waals surface area contributed by atoms with Crippen LogP contribution in [-0.2, 0) is 0 Å². The molecular weight excluding hydrogens is 295 g/mol. The second-order valence-corrected chi connectivity index (χ2v) is 4.81. The van der Waals surface area contributed by atoms with E-state index in [0.717, 1.165) is 10.2 Å². The van der Waals surface area contributed by atoms with Crippen molar-refractivity contribution in [3.8, 4) is 0 Å². The summed E-state index contributed by atoms with van der Waals surface area (Å²) >= 11 is 3.23. The molecule has 0 aliphatic carbocycles. The van der Waals surface area contributed by atoms with Crippen LogP contribution in [0.4, 0.5) is 10.1 Å². The molecule has 0 N–H and O–H groups in total. The number of benzene rings is 2. The number of halogens is 2. The number of nitrogens with zero attached hydrogens (tertiary/aromatic N) is 2. The quantitative estimate of drug-likeness (QED) is 0.675. The van der Waals surface area contributed by atoms with Crippen LogP contribution in [-0.4, -0.2) is 0 Å². The minimum absolute atomic E-state index is 0.274. The van der Waals surface area contributed by atoms with E-state index in [1.807, 2.05) is 37.3 Å². The van der Waals surface area contributed by atoms with Gasteiger partial charge in [0.25, 0.3) is 0 Å². The predicted octanol–water partition coefficient (Wildman–Crippen LogP) is 5.43. The second-order valence-electron chi connectivity index (χ2n) is 3.89. The first kappa shape index (κ1) is 12.9. The molecular formula is C14H12BrFN2. The molecule has 0 fully saturated rings. The van der Waals surface area contributed by atoms with Crippen molar-refractivity contribution < 1.29 is 4.39 Å². The summed E-state index contributed by atoms with van der Waals surface area (Å²) < 4.78 is 14.4. The third-order valence-electron chi connectivity index (χ3n) is 2.52. The minimum atomic E-state index is -0.307. The molecule has 0 aliphatic heterocycles. The van der Waals surface area contributed by atoms with Crippen molar-refractivity contribution in [2.45, 2.75) is 13.0 Å². The topological polar surface area (TPSA) is 24.7 Å². The van der Waals surface area contributed by atoms with Crippen LogP contribution in [0, 0.1) is 5.82 Å². The van der Waals surface area contributed by atoms with Crippen molar-refractivity contribution in [3.05, 3.63) is 64.4 Å². The molecule has 4 heteroatoms. The fraction of sp³-hybridized carbons (Fsp3) is 0.143. The Kier molecular flexibility index (Phi) is 4.20. The average molecular weight is 307 g/mol. The molecule has 18 heavy (non-hydrogen) atoms. The van der Waals surface area contributed by atoms with E-state index in [2.05, 4.69) is 26.2 Å². The fourth-order valence-electron chi connectivity index (χ4n) is 1.55. The first-order valence-corrected chi connectivity index (χ1v) is 6.37. The number of hydrogen-bond donors (Lipinski definition) is 0. The lowest BCUT2D eigenvalue weighted by Crippen LogP contribution is -1.93. The van der Waals surface area contributed by atoms with E-state index in [9.17, 15) is 4.39 Å². The van der Waals surface area contributed by atoms with Gasteiger partial charge in [-0.1, -0.05) is 40.2 Å². The van der Waals surface area contributed by atoms with E-state index < -0.39 is 0 Å². The highest BCUT2D eigenvalue weighted by Crippen LogP contribution is 2.24. The zero-order valence-electron chi connectivity index (χ0n) is 9.85. The molecule has 0 aliphatic rings. The van der Waals surface area contributed by atoms with Crippen molar-refractivity contribution in [1.82, 2.24) is 0 Å². The van der Waals surface area contributed by atoms with Crippen LogP contribution in [0.3, 0.4) is 0 Å². The van der Waals surface area contributed by atoms with E-state index in [0.29, 0.717) is 5.56 Å². The summed E-state index contributed by atoms with van der Waals surface area (Å²) in [6, 6.07) is 14.0. The van der Waals surface area contributed by atoms with Crippen molar-refractivity contribution >= 4 is 21.6 Å². The third-order valence-corrected chi connectivity index (χ3v) is 3.01. The Morgan fingerprint density at radius 1 is 1.11 bits per heavy atom. The van der Waals surface area contributed by atoms with E-state index in [4.69, 9.17) is 0 Å². The van der Waals surface area contributed by atoms with Crippen LogP contribution in [0.1, 0.15) is 18.5 Å². The Morgan fingerprint density at radius 3 is 2.50 bits per heavy atom. The van der Waals surface area contributed by atoms with Crippen LogP contribution in [0.5, 0.6) is 0 Å². The summed E-state index contributed by atoms with van der Waals surface area (Å²) in [5, 5.41) is 8.22. The van der Waals surface area contributed by atoms with Gasteiger partial charge in [-0.25, -0.2) is 4.39 Å². The van der Waals surface area contributed by atoms with Gasteiger partial charge in [-0.2, -0.15) is 10.2 Å². The summed E-state index contributed by atoms with van der Waals surface area (Å²) in [6.45, 7) is 1.82. The Hall–Kier alpha value is -1.55. The monoisotopic (exact) mass is 306 g/mol. The molecule has 2 aromatic carbocycles. The van der Waals surface area contributed by atoms with Gasteiger partial charge < -0.3 is 0 Å². The lowest BCUT2D eigenvalue weighted by molar-refractivity contribution is 0.588. The summed E-state index contributed by atoms with van der Waals surface area (Å²) in [5.74, 6) is -0.274. The molecule has 92 valence electrons. The second kappa shape index (κ2) is 5.87. The first-order valence-electron chi connectivity index (χ1n) is 5.57. The third kappa shape index (κ3) is 3.23. The smallest absolute Gasteiger partial charge is 0.129 e. The van der Waals surface area contributed by atoms with Gasteiger partial charge in [-0.3, -0.25) is 0 Å². The Balaban J connectivity index is 2.17. The first-order chi connectivity index (χ1) is 8.66. The number of azo groups is 1. The molecule has 0 radical (unpaired) electrons. The van der Waals surface area contributed by atoms with Gasteiger partial charge >= 0.3 is 0 Å². The maximum absolute atomic E-state index is 13.7. The molecule has 2 nitrogen and oxygen atoms in total. The molecule has 0 amide bonds. The molecule has 2 rings (SSSR count). The SMILES string of the molecule is CC(N=Nc1ccccc1)c1ccc(Br)cc1F. The highest BCUT2D eigenvalue weighted by molar-refractivity contribution is 9.10. The standard InChI is InChI=1S/C14H12BrFN2/c1-10(13-8-7-11(15)9-14(13)16)17-18-12-5-3-2-4-6-12/h2-10H,1H3. The van der Waals surface area contributed by atoms with Crippen LogP contribution < -0.4 is 0 Å². The summed E-state index contributed by atoms with van der Waals surface area (Å²) in [6.07, 6.45) is 0. The maximum Gasteiger partial charge on any atom is 0.129 e. The van der Waals surface area contributed by atoms with Gasteiger partial charge in [0.05, 0.1) is 11.7 Å². The molecule has 1 atom stereocenters. The van der Waals surface area contributed by atoms with Crippen LogP contribution >= 0.6 is 15.9 Å². The van der Waals surface area contributed by atoms with Gasteiger partial charge in [0.1, 0.15) is 5.82 Å². The van der Waals surface area contributed by atoms with Gasteiger partial charge in [-0.15, -0.1) is 0 Å². The zero-order valence-corrected chi connectivity index (χ0v) is 11.4. The number of hydrogen-bond acceptors (Lipinski definition) is 2. The van der Waals surface area contributed by atoms with Crippen LogP contribution in [0.2, 0.25) is 0 Å². The van der Waals surface area contributed by atoms with Crippen molar-refractivity contribution in [3.63, 3.8) is 0 Å². The lowest BCUT2D eigenvalue weighted by atomic mass is 10.1. The maximum atomic E-state index is 13.7. The molecule has 0 spiro atoms. The lowest BCUT2D eigenvalue weighted by Gasteiger charge is -2.07. The van der Waals surface area contributed by atoms with E-state index in [-0.39, 0.29) is 11.9 Å². The Labute approximate surface area is 114 Å².